The summed E-state index contributed by atoms with van der Waals surface area (Å²) in [7, 11) is 1.70. The number of terminal acetylenes is 1. The molecule has 1 atom stereocenters. The van der Waals surface area contributed by atoms with Crippen LogP contribution in [0.3, 0.4) is 0 Å². The normalized spacial score (nSPS) is 12.1. The van der Waals surface area contributed by atoms with Gasteiger partial charge in [0.15, 0.2) is 0 Å². The van der Waals surface area contributed by atoms with Crippen LogP contribution in [0.15, 0.2) is 36.4 Å². The molecule has 0 saturated heterocycles. The van der Waals surface area contributed by atoms with Gasteiger partial charge in [-0.1, -0.05) is 43.2 Å². The minimum Gasteiger partial charge on any atom is -0.496 e. The Morgan fingerprint density at radius 2 is 2.05 bits per heavy atom. The lowest BCUT2D eigenvalue weighted by Crippen LogP contribution is -2.26. The van der Waals surface area contributed by atoms with Crippen molar-refractivity contribution in [3.63, 3.8) is 0 Å². The predicted molar refractivity (Wildman–Crippen MR) is 80.3 cm³/mol. The van der Waals surface area contributed by atoms with Gasteiger partial charge >= 0.3 is 0 Å². The van der Waals surface area contributed by atoms with Crippen molar-refractivity contribution in [3.05, 3.63) is 42.0 Å². The fourth-order valence-corrected chi connectivity index (χ4v) is 2.24. The fourth-order valence-electron chi connectivity index (χ4n) is 2.24. The topological polar surface area (TPSA) is 21.3 Å². The Hall–Kier alpha value is -1.98. The standard InChI is InChI=1S/C17H19NO/c1-4-14(5-2)18-12-16-15-9-7-6-8-13(15)10-11-17(16)19-3/h1,6-11,14,18H,5,12H2,2-3H3. The van der Waals surface area contributed by atoms with E-state index in [0.29, 0.717) is 6.54 Å². The number of nitrogens with one attached hydrogen (secondary N) is 1. The molecule has 0 saturated carbocycles. The van der Waals surface area contributed by atoms with Crippen molar-refractivity contribution in [2.75, 3.05) is 7.11 Å². The molecule has 98 valence electrons. The van der Waals surface area contributed by atoms with E-state index < -0.39 is 0 Å². The number of methoxy groups -OCH3 is 1. The Morgan fingerprint density at radius 3 is 2.74 bits per heavy atom. The van der Waals surface area contributed by atoms with Crippen molar-refractivity contribution >= 4 is 10.8 Å². The van der Waals surface area contributed by atoms with E-state index >= 15 is 0 Å². The van der Waals surface area contributed by atoms with Crippen LogP contribution in [0.2, 0.25) is 0 Å². The van der Waals surface area contributed by atoms with Crippen LogP contribution in [-0.2, 0) is 6.54 Å². The van der Waals surface area contributed by atoms with Crippen LogP contribution in [0, 0.1) is 12.3 Å². The molecule has 2 aromatic carbocycles. The van der Waals surface area contributed by atoms with Crippen molar-refractivity contribution < 1.29 is 4.74 Å². The molecule has 0 aromatic heterocycles. The highest BCUT2D eigenvalue weighted by Gasteiger charge is 2.09. The first-order valence-electron chi connectivity index (χ1n) is 6.54. The molecule has 0 radical (unpaired) electrons. The first-order chi connectivity index (χ1) is 9.30. The molecule has 2 heteroatoms. The van der Waals surface area contributed by atoms with Crippen LogP contribution in [0.4, 0.5) is 0 Å². The fraction of sp³-hybridized carbons (Fsp3) is 0.294. The van der Waals surface area contributed by atoms with Crippen molar-refractivity contribution in [1.29, 1.82) is 0 Å². The summed E-state index contributed by atoms with van der Waals surface area (Å²) in [6.45, 7) is 2.80. The molecule has 0 bridgehead atoms. The predicted octanol–water partition coefficient (Wildman–Crippen LogP) is 3.35. The van der Waals surface area contributed by atoms with Gasteiger partial charge in [0.1, 0.15) is 5.75 Å². The first kappa shape index (κ1) is 13.5. The maximum atomic E-state index is 5.49. The molecule has 0 amide bonds. The zero-order valence-corrected chi connectivity index (χ0v) is 11.4. The third-order valence-corrected chi connectivity index (χ3v) is 3.35. The summed E-state index contributed by atoms with van der Waals surface area (Å²) in [6, 6.07) is 12.5. The lowest BCUT2D eigenvalue weighted by molar-refractivity contribution is 0.407. The van der Waals surface area contributed by atoms with E-state index in [1.54, 1.807) is 7.11 Å². The molecule has 0 aliphatic heterocycles. The molecule has 1 unspecified atom stereocenters. The van der Waals surface area contributed by atoms with Gasteiger partial charge in [0.25, 0.3) is 0 Å². The van der Waals surface area contributed by atoms with Crippen molar-refractivity contribution in [2.24, 2.45) is 0 Å². The number of hydrogen-bond donors (Lipinski definition) is 1. The molecule has 2 aromatic rings. The molecule has 19 heavy (non-hydrogen) atoms. The Labute approximate surface area is 114 Å². The second-order valence-corrected chi connectivity index (χ2v) is 4.48. The SMILES string of the molecule is C#CC(CC)NCc1c(OC)ccc2ccccc12. The van der Waals surface area contributed by atoms with Gasteiger partial charge in [-0.2, -0.15) is 0 Å². The Balaban J connectivity index is 2.36. The van der Waals surface area contributed by atoms with Crippen molar-refractivity contribution in [1.82, 2.24) is 5.32 Å². The zero-order chi connectivity index (χ0) is 13.7. The minimum atomic E-state index is 0.101. The summed E-state index contributed by atoms with van der Waals surface area (Å²) in [5, 5.41) is 5.81. The minimum absolute atomic E-state index is 0.101. The smallest absolute Gasteiger partial charge is 0.123 e. The molecule has 0 aliphatic carbocycles. The first-order valence-corrected chi connectivity index (χ1v) is 6.54. The van der Waals surface area contributed by atoms with E-state index in [-0.39, 0.29) is 6.04 Å². The van der Waals surface area contributed by atoms with Crippen LogP contribution in [0.25, 0.3) is 10.8 Å². The van der Waals surface area contributed by atoms with E-state index in [0.717, 1.165) is 17.7 Å². The second-order valence-electron chi connectivity index (χ2n) is 4.48. The van der Waals surface area contributed by atoms with E-state index in [9.17, 15) is 0 Å². The summed E-state index contributed by atoms with van der Waals surface area (Å²) in [5.41, 5.74) is 1.16. The van der Waals surface area contributed by atoms with E-state index in [1.807, 2.05) is 18.2 Å². The molecule has 2 nitrogen and oxygen atoms in total. The quantitative estimate of drug-likeness (QED) is 0.825. The Bertz CT molecular complexity index is 598. The van der Waals surface area contributed by atoms with Gasteiger partial charge in [-0.05, 0) is 23.3 Å². The summed E-state index contributed by atoms with van der Waals surface area (Å²) in [6.07, 6.45) is 6.41. The molecular weight excluding hydrogens is 234 g/mol. The largest absolute Gasteiger partial charge is 0.496 e. The number of benzene rings is 2. The molecule has 0 fully saturated rings. The van der Waals surface area contributed by atoms with Crippen molar-refractivity contribution in [3.8, 4) is 18.1 Å². The van der Waals surface area contributed by atoms with Gasteiger partial charge in [-0.15, -0.1) is 6.42 Å². The van der Waals surface area contributed by atoms with E-state index in [4.69, 9.17) is 11.2 Å². The Kier molecular flexibility index (Phi) is 4.43. The summed E-state index contributed by atoms with van der Waals surface area (Å²) < 4.78 is 5.46. The van der Waals surface area contributed by atoms with Gasteiger partial charge in [0, 0.05) is 12.1 Å². The number of rotatable bonds is 5. The van der Waals surface area contributed by atoms with Crippen LogP contribution in [-0.4, -0.2) is 13.2 Å². The molecule has 0 spiro atoms. The third-order valence-electron chi connectivity index (χ3n) is 3.35. The molecule has 0 aliphatic rings. The highest BCUT2D eigenvalue weighted by Crippen LogP contribution is 2.27. The summed E-state index contributed by atoms with van der Waals surface area (Å²) >= 11 is 0. The number of hydrogen-bond acceptors (Lipinski definition) is 2. The van der Waals surface area contributed by atoms with Crippen LogP contribution in [0.5, 0.6) is 5.75 Å². The average Bonchev–Trinajstić information content (AvgIpc) is 2.48. The van der Waals surface area contributed by atoms with Crippen molar-refractivity contribution in [2.45, 2.75) is 25.9 Å². The van der Waals surface area contributed by atoms with Gasteiger partial charge < -0.3 is 4.74 Å². The maximum Gasteiger partial charge on any atom is 0.123 e. The second kappa shape index (κ2) is 6.26. The monoisotopic (exact) mass is 253 g/mol. The lowest BCUT2D eigenvalue weighted by Gasteiger charge is -2.15. The maximum absolute atomic E-state index is 5.49. The van der Waals surface area contributed by atoms with Crippen LogP contribution in [0.1, 0.15) is 18.9 Å². The molecule has 0 heterocycles. The number of fused-ring (bicyclic) bond motifs is 1. The van der Waals surface area contributed by atoms with E-state index in [1.165, 1.54) is 10.8 Å². The molecule has 2 rings (SSSR count). The van der Waals surface area contributed by atoms with Gasteiger partial charge in [0.05, 0.1) is 13.2 Å². The average molecular weight is 253 g/mol. The van der Waals surface area contributed by atoms with Crippen LogP contribution < -0.4 is 10.1 Å². The highest BCUT2D eigenvalue weighted by atomic mass is 16.5. The highest BCUT2D eigenvalue weighted by molar-refractivity contribution is 5.87. The van der Waals surface area contributed by atoms with E-state index in [2.05, 4.69) is 36.4 Å². The summed E-state index contributed by atoms with van der Waals surface area (Å²) in [4.78, 5) is 0. The lowest BCUT2D eigenvalue weighted by atomic mass is 10.0. The van der Waals surface area contributed by atoms with Gasteiger partial charge in [0.2, 0.25) is 0 Å². The third kappa shape index (κ3) is 2.89. The molecule has 1 N–H and O–H groups in total. The Morgan fingerprint density at radius 1 is 1.26 bits per heavy atom. The summed E-state index contributed by atoms with van der Waals surface area (Å²) in [5.74, 6) is 3.66. The molecular formula is C17H19NO. The zero-order valence-electron chi connectivity index (χ0n) is 11.4. The number of ether oxygens (including phenoxy) is 1. The van der Waals surface area contributed by atoms with Gasteiger partial charge in [-0.25, -0.2) is 0 Å². The van der Waals surface area contributed by atoms with Crippen LogP contribution >= 0.6 is 0 Å². The van der Waals surface area contributed by atoms with Gasteiger partial charge in [-0.3, -0.25) is 5.32 Å².